The highest BCUT2D eigenvalue weighted by molar-refractivity contribution is 5.55. The first-order valence-corrected chi connectivity index (χ1v) is 5.58. The molecule has 1 unspecified atom stereocenters. The first kappa shape index (κ1) is 12.0. The molecule has 94 valence electrons. The molecule has 0 saturated carbocycles. The maximum atomic E-state index is 9.25. The highest BCUT2D eigenvalue weighted by atomic mass is 16.6. The van der Waals surface area contributed by atoms with Crippen LogP contribution in [0.3, 0.4) is 0 Å². The Morgan fingerprint density at radius 3 is 2.82 bits per heavy atom. The average Bonchev–Trinajstić information content (AvgIpc) is 2.39. The third kappa shape index (κ3) is 2.30. The monoisotopic (exact) mass is 239 g/mol. The molecule has 0 saturated heterocycles. The summed E-state index contributed by atoms with van der Waals surface area (Å²) in [4.78, 5) is 0. The van der Waals surface area contributed by atoms with Gasteiger partial charge < -0.3 is 25.1 Å². The lowest BCUT2D eigenvalue weighted by Crippen LogP contribution is -2.19. The number of ether oxygens (including phenoxy) is 3. The Balaban J connectivity index is 2.42. The van der Waals surface area contributed by atoms with Gasteiger partial charge in [-0.1, -0.05) is 0 Å². The molecule has 1 atom stereocenters. The molecule has 1 aromatic carbocycles. The van der Waals surface area contributed by atoms with Crippen LogP contribution in [-0.2, 0) is 0 Å². The highest BCUT2D eigenvalue weighted by Gasteiger charge is 2.21. The Bertz CT molecular complexity index is 373. The van der Waals surface area contributed by atoms with Gasteiger partial charge in [0.25, 0.3) is 0 Å². The van der Waals surface area contributed by atoms with Crippen molar-refractivity contribution < 1.29 is 19.3 Å². The lowest BCUT2D eigenvalue weighted by Gasteiger charge is -2.23. The molecule has 0 radical (unpaired) electrons. The minimum absolute atomic E-state index is 0.000696. The number of hydrogen-bond donors (Lipinski definition) is 2. The Hall–Kier alpha value is -1.46. The largest absolute Gasteiger partial charge is 0.493 e. The first-order valence-electron chi connectivity index (χ1n) is 5.58. The molecule has 1 aliphatic rings. The van der Waals surface area contributed by atoms with Crippen LogP contribution in [0.5, 0.6) is 17.2 Å². The summed E-state index contributed by atoms with van der Waals surface area (Å²) >= 11 is 0. The number of aliphatic hydroxyl groups excluding tert-OH is 1. The van der Waals surface area contributed by atoms with Crippen LogP contribution in [0.15, 0.2) is 12.1 Å². The lowest BCUT2D eigenvalue weighted by molar-refractivity contribution is 0.164. The maximum absolute atomic E-state index is 9.25. The first-order chi connectivity index (χ1) is 8.30. The van der Waals surface area contributed by atoms with E-state index in [1.54, 1.807) is 7.11 Å². The number of rotatable bonds is 4. The van der Waals surface area contributed by atoms with Gasteiger partial charge >= 0.3 is 0 Å². The van der Waals surface area contributed by atoms with E-state index in [4.69, 9.17) is 19.9 Å². The van der Waals surface area contributed by atoms with E-state index in [1.807, 2.05) is 12.1 Å². The van der Waals surface area contributed by atoms with Crippen molar-refractivity contribution in [1.82, 2.24) is 0 Å². The van der Waals surface area contributed by atoms with Gasteiger partial charge in [-0.15, -0.1) is 0 Å². The Kier molecular flexibility index (Phi) is 3.71. The molecular weight excluding hydrogens is 222 g/mol. The normalized spacial score (nSPS) is 15.5. The fraction of sp³-hybridized carbons (Fsp3) is 0.500. The van der Waals surface area contributed by atoms with Crippen molar-refractivity contribution in [3.8, 4) is 17.2 Å². The van der Waals surface area contributed by atoms with Gasteiger partial charge in [0.1, 0.15) is 13.2 Å². The maximum Gasteiger partial charge on any atom is 0.203 e. The summed E-state index contributed by atoms with van der Waals surface area (Å²) < 4.78 is 16.3. The van der Waals surface area contributed by atoms with E-state index in [9.17, 15) is 5.11 Å². The molecule has 17 heavy (non-hydrogen) atoms. The summed E-state index contributed by atoms with van der Waals surface area (Å²) in [7, 11) is 1.58. The van der Waals surface area contributed by atoms with Gasteiger partial charge in [0.15, 0.2) is 11.5 Å². The topological polar surface area (TPSA) is 73.9 Å². The van der Waals surface area contributed by atoms with Crippen molar-refractivity contribution in [2.75, 3.05) is 33.5 Å². The number of aliphatic hydroxyl groups is 1. The predicted molar refractivity (Wildman–Crippen MR) is 62.9 cm³/mol. The molecule has 0 amide bonds. The molecular formula is C12H17NO4. The summed E-state index contributed by atoms with van der Waals surface area (Å²) in [6, 6.07) is 3.69. The van der Waals surface area contributed by atoms with Crippen LogP contribution >= 0.6 is 0 Å². The molecule has 5 nitrogen and oxygen atoms in total. The van der Waals surface area contributed by atoms with Crippen LogP contribution in [0, 0.1) is 0 Å². The minimum atomic E-state index is -0.111. The minimum Gasteiger partial charge on any atom is -0.493 e. The van der Waals surface area contributed by atoms with E-state index in [1.165, 1.54) is 0 Å². The number of nitrogens with two attached hydrogens (primary N) is 1. The quantitative estimate of drug-likeness (QED) is 0.800. The lowest BCUT2D eigenvalue weighted by atomic mass is 9.99. The van der Waals surface area contributed by atoms with Crippen molar-refractivity contribution in [3.05, 3.63) is 17.7 Å². The van der Waals surface area contributed by atoms with E-state index in [0.29, 0.717) is 37.0 Å². The highest BCUT2D eigenvalue weighted by Crippen LogP contribution is 2.41. The molecule has 0 aromatic heterocycles. The molecule has 1 aliphatic heterocycles. The van der Waals surface area contributed by atoms with Crippen molar-refractivity contribution in [3.63, 3.8) is 0 Å². The van der Waals surface area contributed by atoms with Crippen LogP contribution in [0.25, 0.3) is 0 Å². The van der Waals surface area contributed by atoms with Gasteiger partial charge in [0.2, 0.25) is 5.75 Å². The second-order valence-corrected chi connectivity index (χ2v) is 3.86. The van der Waals surface area contributed by atoms with E-state index in [-0.39, 0.29) is 12.5 Å². The second-order valence-electron chi connectivity index (χ2n) is 3.86. The fourth-order valence-electron chi connectivity index (χ4n) is 1.85. The van der Waals surface area contributed by atoms with Gasteiger partial charge in [0, 0.05) is 12.5 Å². The van der Waals surface area contributed by atoms with Gasteiger partial charge in [-0.25, -0.2) is 0 Å². The van der Waals surface area contributed by atoms with E-state index in [2.05, 4.69) is 0 Å². The van der Waals surface area contributed by atoms with Gasteiger partial charge in [-0.05, 0) is 17.7 Å². The van der Waals surface area contributed by atoms with Gasteiger partial charge in [0.05, 0.1) is 13.7 Å². The van der Waals surface area contributed by atoms with Crippen LogP contribution in [0.2, 0.25) is 0 Å². The van der Waals surface area contributed by atoms with Gasteiger partial charge in [-0.3, -0.25) is 0 Å². The summed E-state index contributed by atoms with van der Waals surface area (Å²) in [6.07, 6.45) is 0. The zero-order valence-electron chi connectivity index (χ0n) is 9.81. The molecule has 5 heteroatoms. The van der Waals surface area contributed by atoms with Crippen LogP contribution in [0.4, 0.5) is 0 Å². The van der Waals surface area contributed by atoms with E-state index < -0.39 is 0 Å². The fourth-order valence-corrected chi connectivity index (χ4v) is 1.85. The molecule has 0 bridgehead atoms. The van der Waals surface area contributed by atoms with Crippen molar-refractivity contribution >= 4 is 0 Å². The molecule has 1 aromatic rings. The van der Waals surface area contributed by atoms with Crippen molar-refractivity contribution in [2.45, 2.75) is 5.92 Å². The van der Waals surface area contributed by atoms with E-state index in [0.717, 1.165) is 5.56 Å². The number of benzene rings is 1. The Labute approximate surface area is 100 Å². The molecule has 1 heterocycles. The molecule has 2 rings (SSSR count). The third-order valence-electron chi connectivity index (χ3n) is 2.83. The van der Waals surface area contributed by atoms with Gasteiger partial charge in [-0.2, -0.15) is 0 Å². The smallest absolute Gasteiger partial charge is 0.203 e. The number of hydrogen-bond acceptors (Lipinski definition) is 5. The summed E-state index contributed by atoms with van der Waals surface area (Å²) in [5, 5.41) is 9.25. The average molecular weight is 239 g/mol. The third-order valence-corrected chi connectivity index (χ3v) is 2.83. The molecule has 3 N–H and O–H groups in total. The molecule has 0 aliphatic carbocycles. The summed E-state index contributed by atoms with van der Waals surface area (Å²) in [6.45, 7) is 1.41. The molecule has 0 spiro atoms. The second kappa shape index (κ2) is 5.25. The predicted octanol–water partition coefficient (Wildman–Crippen LogP) is 0.501. The molecule has 0 fully saturated rings. The van der Waals surface area contributed by atoms with E-state index >= 15 is 0 Å². The van der Waals surface area contributed by atoms with Crippen LogP contribution in [-0.4, -0.2) is 38.6 Å². The summed E-state index contributed by atoms with van der Waals surface area (Å²) in [5.74, 6) is 1.78. The zero-order chi connectivity index (χ0) is 12.3. The SMILES string of the molecule is COc1cc(C(CN)CO)cc2c1OCCO2. The Morgan fingerprint density at radius 1 is 1.41 bits per heavy atom. The zero-order valence-corrected chi connectivity index (χ0v) is 9.81. The Morgan fingerprint density at radius 2 is 2.18 bits per heavy atom. The van der Waals surface area contributed by atoms with Crippen molar-refractivity contribution in [1.29, 1.82) is 0 Å². The number of fused-ring (bicyclic) bond motifs is 1. The standard InChI is InChI=1S/C12H17NO4/c1-15-10-4-8(9(6-13)7-14)5-11-12(10)17-3-2-16-11/h4-5,9,14H,2-3,6-7,13H2,1H3. The van der Waals surface area contributed by atoms with Crippen molar-refractivity contribution in [2.24, 2.45) is 5.73 Å². The number of methoxy groups -OCH3 is 1. The van der Waals surface area contributed by atoms with Crippen LogP contribution < -0.4 is 19.9 Å². The van der Waals surface area contributed by atoms with Crippen LogP contribution in [0.1, 0.15) is 11.5 Å². The summed E-state index contributed by atoms with van der Waals surface area (Å²) in [5.41, 5.74) is 6.51.